The molecule has 0 atom stereocenters. The van der Waals surface area contributed by atoms with Gasteiger partial charge in [-0.15, -0.1) is 0 Å². The van der Waals surface area contributed by atoms with Crippen LogP contribution in [-0.2, 0) is 20.2 Å². The van der Waals surface area contributed by atoms with Crippen LogP contribution in [-0.4, -0.2) is 39.5 Å². The highest BCUT2D eigenvalue weighted by Gasteiger charge is 2.51. The SMILES string of the molecule is Cc1ccc(-c2cccc(S(=O)(=O)N(C)C)c2)cc1NC(=O)C1(c2ccc3c(c2)OCO3)CC1.[HH]. The lowest BCUT2D eigenvalue weighted by Crippen LogP contribution is -2.28. The van der Waals surface area contributed by atoms with Gasteiger partial charge in [-0.25, -0.2) is 12.7 Å². The molecule has 0 aromatic heterocycles. The van der Waals surface area contributed by atoms with Crippen LogP contribution in [0.25, 0.3) is 11.1 Å². The van der Waals surface area contributed by atoms with E-state index in [1.807, 2.05) is 49.4 Å². The number of carbonyl (C=O) groups is 1. The summed E-state index contributed by atoms with van der Waals surface area (Å²) < 4.78 is 37.2. The summed E-state index contributed by atoms with van der Waals surface area (Å²) in [6.45, 7) is 2.13. The lowest BCUT2D eigenvalue weighted by Gasteiger charge is -2.18. The van der Waals surface area contributed by atoms with Crippen molar-refractivity contribution in [2.45, 2.75) is 30.1 Å². The van der Waals surface area contributed by atoms with E-state index in [0.717, 1.165) is 35.1 Å². The van der Waals surface area contributed by atoms with Gasteiger partial charge in [-0.3, -0.25) is 4.79 Å². The van der Waals surface area contributed by atoms with Crippen molar-refractivity contribution in [3.63, 3.8) is 0 Å². The summed E-state index contributed by atoms with van der Waals surface area (Å²) in [5, 5.41) is 3.11. The van der Waals surface area contributed by atoms with Gasteiger partial charge in [0.05, 0.1) is 10.3 Å². The van der Waals surface area contributed by atoms with Crippen molar-refractivity contribution in [3.05, 3.63) is 71.8 Å². The minimum absolute atomic E-state index is 0. The number of hydrogen-bond acceptors (Lipinski definition) is 5. The molecule has 2 aliphatic rings. The number of aryl methyl sites for hydroxylation is 1. The second-order valence-corrected chi connectivity index (χ2v) is 11.1. The molecule has 0 spiro atoms. The summed E-state index contributed by atoms with van der Waals surface area (Å²) in [7, 11) is -0.528. The highest BCUT2D eigenvalue weighted by Crippen LogP contribution is 2.51. The van der Waals surface area contributed by atoms with Crippen molar-refractivity contribution in [1.82, 2.24) is 4.31 Å². The Bertz CT molecular complexity index is 1400. The molecule has 1 heterocycles. The number of sulfonamides is 1. The predicted molar refractivity (Wildman–Crippen MR) is 132 cm³/mol. The van der Waals surface area contributed by atoms with Gasteiger partial charge in [0.25, 0.3) is 0 Å². The van der Waals surface area contributed by atoms with Crippen LogP contribution in [0.2, 0.25) is 0 Å². The Morgan fingerprint density at radius 2 is 1.71 bits per heavy atom. The maximum absolute atomic E-state index is 13.4. The van der Waals surface area contributed by atoms with E-state index in [1.54, 1.807) is 18.2 Å². The topological polar surface area (TPSA) is 84.9 Å². The van der Waals surface area contributed by atoms with Crippen LogP contribution in [0.4, 0.5) is 5.69 Å². The Labute approximate surface area is 200 Å². The highest BCUT2D eigenvalue weighted by atomic mass is 32.2. The molecule has 7 nitrogen and oxygen atoms in total. The van der Waals surface area contributed by atoms with Gasteiger partial charge in [-0.2, -0.15) is 0 Å². The summed E-state index contributed by atoms with van der Waals surface area (Å²) >= 11 is 0. The Morgan fingerprint density at radius 3 is 2.44 bits per heavy atom. The van der Waals surface area contributed by atoms with Gasteiger partial charge in [-0.05, 0) is 72.4 Å². The maximum atomic E-state index is 13.4. The molecular weight excluding hydrogens is 452 g/mol. The first kappa shape index (κ1) is 22.4. The van der Waals surface area contributed by atoms with Crippen molar-refractivity contribution in [3.8, 4) is 22.6 Å². The second-order valence-electron chi connectivity index (χ2n) is 8.95. The number of anilines is 1. The van der Waals surface area contributed by atoms with Gasteiger partial charge < -0.3 is 14.8 Å². The molecule has 5 rings (SSSR count). The fourth-order valence-corrected chi connectivity index (χ4v) is 5.14. The van der Waals surface area contributed by atoms with E-state index in [1.165, 1.54) is 18.4 Å². The van der Waals surface area contributed by atoms with Crippen molar-refractivity contribution in [2.75, 3.05) is 26.2 Å². The first-order chi connectivity index (χ1) is 16.2. The fraction of sp³-hybridized carbons (Fsp3) is 0.269. The number of amides is 1. The van der Waals surface area contributed by atoms with Crippen molar-refractivity contribution >= 4 is 21.6 Å². The Balaban J connectivity index is 0.00000289. The van der Waals surface area contributed by atoms with Crippen LogP contribution >= 0.6 is 0 Å². The number of nitrogens with one attached hydrogen (secondary N) is 1. The van der Waals surface area contributed by atoms with Crippen LogP contribution in [0.1, 0.15) is 25.4 Å². The fourth-order valence-electron chi connectivity index (χ4n) is 4.19. The van der Waals surface area contributed by atoms with Gasteiger partial charge in [0.2, 0.25) is 22.7 Å². The first-order valence-electron chi connectivity index (χ1n) is 11.1. The van der Waals surface area contributed by atoms with Crippen molar-refractivity contribution in [2.24, 2.45) is 0 Å². The number of carbonyl (C=O) groups excluding carboxylic acids is 1. The van der Waals surface area contributed by atoms with E-state index in [2.05, 4.69) is 5.32 Å². The molecule has 3 aromatic rings. The van der Waals surface area contributed by atoms with Crippen LogP contribution in [0.5, 0.6) is 11.5 Å². The predicted octanol–water partition coefficient (Wildman–Crippen LogP) is 4.56. The average Bonchev–Trinajstić information content (AvgIpc) is 3.51. The van der Waals surface area contributed by atoms with Gasteiger partial charge in [0.15, 0.2) is 11.5 Å². The molecule has 1 saturated carbocycles. The van der Waals surface area contributed by atoms with E-state index >= 15 is 0 Å². The van der Waals surface area contributed by atoms with Gasteiger partial charge in [-0.1, -0.05) is 30.3 Å². The molecular formula is C26H28N2O5S. The van der Waals surface area contributed by atoms with E-state index in [0.29, 0.717) is 17.2 Å². The number of ether oxygens (including phenoxy) is 2. The van der Waals surface area contributed by atoms with Crippen LogP contribution in [0, 0.1) is 6.92 Å². The summed E-state index contributed by atoms with van der Waals surface area (Å²) in [6, 6.07) is 18.3. The summed E-state index contributed by atoms with van der Waals surface area (Å²) in [4.78, 5) is 13.6. The zero-order valence-corrected chi connectivity index (χ0v) is 20.1. The first-order valence-corrected chi connectivity index (χ1v) is 12.5. The maximum Gasteiger partial charge on any atom is 0.242 e. The highest BCUT2D eigenvalue weighted by molar-refractivity contribution is 7.89. The summed E-state index contributed by atoms with van der Waals surface area (Å²) in [5.41, 5.74) is 3.55. The second kappa shape index (κ2) is 8.14. The zero-order chi connectivity index (χ0) is 24.1. The number of benzene rings is 3. The number of rotatable bonds is 6. The number of nitrogens with zero attached hydrogens (tertiary/aromatic N) is 1. The molecule has 3 aromatic carbocycles. The lowest BCUT2D eigenvalue weighted by atomic mass is 9.94. The quantitative estimate of drug-likeness (QED) is 0.559. The van der Waals surface area contributed by atoms with Crippen molar-refractivity contribution in [1.29, 1.82) is 0 Å². The normalized spacial score (nSPS) is 15.9. The van der Waals surface area contributed by atoms with Gasteiger partial charge >= 0.3 is 0 Å². The monoisotopic (exact) mass is 480 g/mol. The minimum atomic E-state index is -3.55. The summed E-state index contributed by atoms with van der Waals surface area (Å²) in [6.07, 6.45) is 1.53. The third-order valence-electron chi connectivity index (χ3n) is 6.54. The van der Waals surface area contributed by atoms with Gasteiger partial charge in [0, 0.05) is 21.2 Å². The van der Waals surface area contributed by atoms with E-state index < -0.39 is 15.4 Å². The number of hydrogen-bond donors (Lipinski definition) is 1. The third-order valence-corrected chi connectivity index (χ3v) is 8.35. The Morgan fingerprint density at radius 1 is 0.971 bits per heavy atom. The standard InChI is InChI=1S/C26H26N2O5S.H2/c1-17-7-8-19(18-5-4-6-21(13-18)34(30,31)28(2)3)14-22(17)27-25(29)26(11-12-26)20-9-10-23-24(15-20)33-16-32-23;/h4-10,13-15H,11-12,16H2,1-3H3,(H,27,29);1H. The average molecular weight is 481 g/mol. The molecule has 0 radical (unpaired) electrons. The zero-order valence-electron chi connectivity index (χ0n) is 19.3. The minimum Gasteiger partial charge on any atom is -0.454 e. The smallest absolute Gasteiger partial charge is 0.242 e. The molecule has 1 N–H and O–H groups in total. The number of fused-ring (bicyclic) bond motifs is 1. The van der Waals surface area contributed by atoms with Crippen LogP contribution < -0.4 is 14.8 Å². The largest absolute Gasteiger partial charge is 0.454 e. The lowest BCUT2D eigenvalue weighted by molar-refractivity contribution is -0.118. The third kappa shape index (κ3) is 3.82. The molecule has 34 heavy (non-hydrogen) atoms. The van der Waals surface area contributed by atoms with Crippen molar-refractivity contribution < 1.29 is 24.1 Å². The Hall–Kier alpha value is -3.36. The molecule has 1 fully saturated rings. The van der Waals surface area contributed by atoms with Crippen LogP contribution in [0.3, 0.4) is 0 Å². The molecule has 0 bridgehead atoms. The molecule has 1 aliphatic heterocycles. The van der Waals surface area contributed by atoms with Crippen LogP contribution in [0.15, 0.2) is 65.6 Å². The van der Waals surface area contributed by atoms with E-state index in [4.69, 9.17) is 9.47 Å². The molecule has 8 heteroatoms. The Kier molecular flexibility index (Phi) is 5.37. The molecule has 178 valence electrons. The molecule has 0 saturated heterocycles. The van der Waals surface area contributed by atoms with Gasteiger partial charge in [0.1, 0.15) is 0 Å². The molecule has 1 amide bonds. The van der Waals surface area contributed by atoms with E-state index in [9.17, 15) is 13.2 Å². The summed E-state index contributed by atoms with van der Waals surface area (Å²) in [5.74, 6) is 1.31. The molecule has 0 unspecified atom stereocenters. The molecule has 1 aliphatic carbocycles. The van der Waals surface area contributed by atoms with E-state index in [-0.39, 0.29) is 19.0 Å².